The van der Waals surface area contributed by atoms with Crippen LogP contribution in [0, 0.1) is 0 Å². The van der Waals surface area contributed by atoms with E-state index in [9.17, 15) is 24.2 Å². The molecule has 0 amide bonds. The number of esters is 2. The van der Waals surface area contributed by atoms with Gasteiger partial charge in [0.25, 0.3) is 0 Å². The lowest BCUT2D eigenvalue weighted by molar-refractivity contribution is -0.161. The smallest absolute Gasteiger partial charge is 0.462 e. The molecule has 306 valence electrons. The molecule has 0 rings (SSSR count). The molecular formula is C43H70NO9P. The molecule has 0 spiro atoms. The molecule has 0 fully saturated rings. The first-order valence-electron chi connectivity index (χ1n) is 19.7. The molecular weight excluding hydrogens is 705 g/mol. The van der Waals surface area contributed by atoms with Crippen LogP contribution in [0.2, 0.25) is 0 Å². The van der Waals surface area contributed by atoms with Gasteiger partial charge in [-0.05, 0) is 103 Å². The number of allylic oxidation sites excluding steroid dienone is 16. The molecule has 0 radical (unpaired) electrons. The number of hydrogen-bond acceptors (Lipinski definition) is 9. The molecule has 0 saturated heterocycles. The molecule has 3 atom stereocenters. The van der Waals surface area contributed by atoms with E-state index in [0.717, 1.165) is 77.0 Å². The van der Waals surface area contributed by atoms with Crippen molar-refractivity contribution in [1.82, 2.24) is 0 Å². The number of phosphoric ester groups is 1. The summed E-state index contributed by atoms with van der Waals surface area (Å²) in [4.78, 5) is 34.7. The van der Waals surface area contributed by atoms with E-state index in [-0.39, 0.29) is 38.7 Å². The minimum absolute atomic E-state index is 0.0279. The van der Waals surface area contributed by atoms with Crippen molar-refractivity contribution in [3.8, 4) is 0 Å². The minimum Gasteiger partial charge on any atom is -0.462 e. The molecule has 0 aromatic heterocycles. The molecule has 1 unspecified atom stereocenters. The molecule has 10 nitrogen and oxygen atoms in total. The average molecular weight is 776 g/mol. The Morgan fingerprint density at radius 2 is 1.09 bits per heavy atom. The van der Waals surface area contributed by atoms with Gasteiger partial charge in [0.15, 0.2) is 6.10 Å². The van der Waals surface area contributed by atoms with E-state index in [2.05, 4.69) is 92.0 Å². The second kappa shape index (κ2) is 38.2. The number of rotatable bonds is 35. The van der Waals surface area contributed by atoms with E-state index < -0.39 is 32.5 Å². The van der Waals surface area contributed by atoms with E-state index >= 15 is 0 Å². The molecule has 0 saturated carbocycles. The van der Waals surface area contributed by atoms with Gasteiger partial charge in [0, 0.05) is 19.4 Å². The van der Waals surface area contributed by atoms with Gasteiger partial charge in [-0.3, -0.25) is 18.6 Å². The molecule has 11 heteroatoms. The molecule has 0 aliphatic rings. The number of carbonyl (C=O) groups is 2. The van der Waals surface area contributed by atoms with Crippen LogP contribution in [0.4, 0.5) is 0 Å². The van der Waals surface area contributed by atoms with E-state index in [1.165, 1.54) is 0 Å². The van der Waals surface area contributed by atoms with Crippen LogP contribution in [-0.2, 0) is 32.7 Å². The maximum Gasteiger partial charge on any atom is 0.472 e. The van der Waals surface area contributed by atoms with Crippen LogP contribution in [0.1, 0.15) is 123 Å². The van der Waals surface area contributed by atoms with Crippen LogP contribution in [-0.4, -0.2) is 60.5 Å². The van der Waals surface area contributed by atoms with Crippen LogP contribution in [0.3, 0.4) is 0 Å². The average Bonchev–Trinajstić information content (AvgIpc) is 3.14. The first-order chi connectivity index (χ1) is 26.2. The second-order valence-electron chi connectivity index (χ2n) is 12.7. The van der Waals surface area contributed by atoms with Crippen molar-refractivity contribution in [2.45, 2.75) is 135 Å². The summed E-state index contributed by atoms with van der Waals surface area (Å²) in [5, 5.41) is 9.26. The predicted octanol–water partition coefficient (Wildman–Crippen LogP) is 10.0. The van der Waals surface area contributed by atoms with Crippen LogP contribution in [0.5, 0.6) is 0 Å². The Bertz CT molecular complexity index is 1220. The Morgan fingerprint density at radius 3 is 1.59 bits per heavy atom. The standard InChI is InChI=1S/C43H70NO9P/c1-3-4-5-6-7-8-9-10-12-16-19-22-25-28-31-34-42(46)50-38-41(39-52-54(48,49)51-37-36-44)53-43(47)35-32-29-26-23-20-17-14-11-13-15-18-21-24-27-30-33-40(2)45/h4-5,7-8,10,12-15,17,19,21-24,26,40-41,45H,3,6,9,11,16,18,20,25,27-39,44H2,1-2H3,(H,48,49)/b5-4-,8-7-,12-10-,15-13-,17-14-,22-19-,24-21-,26-23-/t40-,41+/m0/s1. The molecule has 0 aromatic rings. The summed E-state index contributed by atoms with van der Waals surface area (Å²) in [5.41, 5.74) is 5.33. The molecule has 0 aliphatic carbocycles. The fourth-order valence-electron chi connectivity index (χ4n) is 4.57. The third-order valence-electron chi connectivity index (χ3n) is 7.47. The van der Waals surface area contributed by atoms with Crippen LogP contribution < -0.4 is 5.73 Å². The SMILES string of the molecule is CC/C=C\C/C=C\C/C=C\C/C=C\CCCCC(=O)OC[C@H](COP(=O)(O)OCCN)OC(=O)CCC/C=C\C/C=C\C/C=C\C/C=C\CCC[C@H](C)O. The lowest BCUT2D eigenvalue weighted by Crippen LogP contribution is -2.29. The van der Waals surface area contributed by atoms with Crippen molar-refractivity contribution < 1.29 is 42.7 Å². The number of unbranched alkanes of at least 4 members (excludes halogenated alkanes) is 4. The van der Waals surface area contributed by atoms with Gasteiger partial charge in [0.1, 0.15) is 6.61 Å². The van der Waals surface area contributed by atoms with Crippen molar-refractivity contribution >= 4 is 19.8 Å². The largest absolute Gasteiger partial charge is 0.472 e. The maximum atomic E-state index is 12.5. The van der Waals surface area contributed by atoms with Crippen molar-refractivity contribution in [1.29, 1.82) is 0 Å². The number of nitrogens with two attached hydrogens (primary N) is 1. The molecule has 0 aliphatic heterocycles. The summed E-state index contributed by atoms with van der Waals surface area (Å²) in [6.07, 6.45) is 45.8. The highest BCUT2D eigenvalue weighted by Crippen LogP contribution is 2.43. The third-order valence-corrected chi connectivity index (χ3v) is 8.46. The lowest BCUT2D eigenvalue weighted by atomic mass is 10.1. The van der Waals surface area contributed by atoms with Crippen LogP contribution in [0.25, 0.3) is 0 Å². The highest BCUT2D eigenvalue weighted by Gasteiger charge is 2.25. The highest BCUT2D eigenvalue weighted by atomic mass is 31.2. The molecule has 0 bridgehead atoms. The summed E-state index contributed by atoms with van der Waals surface area (Å²) in [5.74, 6) is -0.973. The fraction of sp³-hybridized carbons (Fsp3) is 0.581. The number of hydrogen-bond donors (Lipinski definition) is 3. The predicted molar refractivity (Wildman–Crippen MR) is 221 cm³/mol. The van der Waals surface area contributed by atoms with Crippen LogP contribution >= 0.6 is 7.82 Å². The summed E-state index contributed by atoms with van der Waals surface area (Å²) in [6.45, 7) is 3.00. The van der Waals surface area contributed by atoms with Gasteiger partial charge >= 0.3 is 19.8 Å². The first-order valence-corrected chi connectivity index (χ1v) is 21.2. The Hall–Kier alpha value is -3.11. The van der Waals surface area contributed by atoms with Gasteiger partial charge < -0.3 is 25.2 Å². The van der Waals surface area contributed by atoms with Crippen molar-refractivity contribution in [2.75, 3.05) is 26.4 Å². The number of aliphatic hydroxyl groups is 1. The summed E-state index contributed by atoms with van der Waals surface area (Å²) in [7, 11) is -4.41. The Morgan fingerprint density at radius 1 is 0.630 bits per heavy atom. The molecule has 0 aromatic carbocycles. The maximum absolute atomic E-state index is 12.5. The lowest BCUT2D eigenvalue weighted by Gasteiger charge is -2.19. The van der Waals surface area contributed by atoms with Crippen molar-refractivity contribution in [2.24, 2.45) is 5.73 Å². The fourth-order valence-corrected chi connectivity index (χ4v) is 5.34. The minimum atomic E-state index is -4.41. The Balaban J connectivity index is 4.40. The Labute approximate surface area is 326 Å². The highest BCUT2D eigenvalue weighted by molar-refractivity contribution is 7.47. The number of carbonyl (C=O) groups excluding carboxylic acids is 2. The van der Waals surface area contributed by atoms with Gasteiger partial charge in [0.2, 0.25) is 0 Å². The summed E-state index contributed by atoms with van der Waals surface area (Å²) < 4.78 is 32.6. The van der Waals surface area contributed by atoms with Gasteiger partial charge in [0.05, 0.1) is 19.3 Å². The zero-order valence-electron chi connectivity index (χ0n) is 33.0. The first kappa shape index (κ1) is 50.9. The number of phosphoric acid groups is 1. The quantitative estimate of drug-likeness (QED) is 0.0245. The molecule has 4 N–H and O–H groups in total. The normalized spacial score (nSPS) is 15.0. The molecule has 0 heterocycles. The third kappa shape index (κ3) is 38.6. The van der Waals surface area contributed by atoms with Gasteiger partial charge in [-0.15, -0.1) is 0 Å². The van der Waals surface area contributed by atoms with Crippen molar-refractivity contribution in [3.63, 3.8) is 0 Å². The van der Waals surface area contributed by atoms with E-state index in [1.54, 1.807) is 0 Å². The van der Waals surface area contributed by atoms with E-state index in [1.807, 2.05) is 19.1 Å². The van der Waals surface area contributed by atoms with Gasteiger partial charge in [-0.1, -0.05) is 104 Å². The zero-order chi connectivity index (χ0) is 39.8. The monoisotopic (exact) mass is 775 g/mol. The second-order valence-corrected chi connectivity index (χ2v) is 14.1. The number of ether oxygens (including phenoxy) is 2. The van der Waals surface area contributed by atoms with Gasteiger partial charge in [-0.25, -0.2) is 4.57 Å². The Kier molecular flexibility index (Phi) is 36.0. The molecule has 54 heavy (non-hydrogen) atoms. The van der Waals surface area contributed by atoms with E-state index in [0.29, 0.717) is 19.3 Å². The summed E-state index contributed by atoms with van der Waals surface area (Å²) in [6, 6.07) is 0. The summed E-state index contributed by atoms with van der Waals surface area (Å²) >= 11 is 0. The topological polar surface area (TPSA) is 155 Å². The van der Waals surface area contributed by atoms with E-state index in [4.69, 9.17) is 24.3 Å². The zero-order valence-corrected chi connectivity index (χ0v) is 33.9. The van der Waals surface area contributed by atoms with Gasteiger partial charge in [-0.2, -0.15) is 0 Å². The van der Waals surface area contributed by atoms with Crippen LogP contribution in [0.15, 0.2) is 97.2 Å². The van der Waals surface area contributed by atoms with Crippen molar-refractivity contribution in [3.05, 3.63) is 97.2 Å². The number of aliphatic hydroxyl groups excluding tert-OH is 1.